The Labute approximate surface area is 181 Å². The second-order valence-corrected chi connectivity index (χ2v) is 9.28. The van der Waals surface area contributed by atoms with Gasteiger partial charge in [-0.1, -0.05) is 51.1 Å². The summed E-state index contributed by atoms with van der Waals surface area (Å²) in [5, 5.41) is 21.0. The number of imidazole rings is 1. The van der Waals surface area contributed by atoms with Gasteiger partial charge in [-0.25, -0.2) is 4.98 Å². The molecule has 0 spiro atoms. The highest BCUT2D eigenvalue weighted by atomic mass is 16.2. The summed E-state index contributed by atoms with van der Waals surface area (Å²) in [5.41, 5.74) is 3.06. The predicted octanol–water partition coefficient (Wildman–Crippen LogP) is 3.50. The normalized spacial score (nSPS) is 21.8. The van der Waals surface area contributed by atoms with E-state index in [9.17, 15) is 10.1 Å². The summed E-state index contributed by atoms with van der Waals surface area (Å²) in [4.78, 5) is 19.0. The second-order valence-electron chi connectivity index (χ2n) is 9.28. The summed E-state index contributed by atoms with van der Waals surface area (Å²) in [6.07, 6.45) is 3.36. The Balaban J connectivity index is 1.88. The van der Waals surface area contributed by atoms with Crippen LogP contribution >= 0.6 is 0 Å². The van der Waals surface area contributed by atoms with Crippen LogP contribution in [0.5, 0.6) is 0 Å². The number of aromatic nitrogens is 2. The second kappa shape index (κ2) is 6.95. The monoisotopic (exact) mass is 414 g/mol. The number of likely N-dealkylation sites (N-methyl/N-ethyl adjacent to an activating group) is 1. The maximum absolute atomic E-state index is 13.4. The van der Waals surface area contributed by atoms with Gasteiger partial charge in [0.25, 0.3) is 0 Å². The number of nitrogens with zero attached hydrogens (tertiary/aromatic N) is 4. The number of guanidine groups is 1. The van der Waals surface area contributed by atoms with Gasteiger partial charge in [-0.3, -0.25) is 19.5 Å². The first-order chi connectivity index (χ1) is 14.6. The van der Waals surface area contributed by atoms with Gasteiger partial charge in [0.05, 0.1) is 17.7 Å². The van der Waals surface area contributed by atoms with Gasteiger partial charge < -0.3 is 5.32 Å². The average Bonchev–Trinajstić information content (AvgIpc) is 3.14. The summed E-state index contributed by atoms with van der Waals surface area (Å²) in [6.45, 7) is 8.39. The molecule has 0 unspecified atom stereocenters. The van der Waals surface area contributed by atoms with Crippen molar-refractivity contribution in [3.8, 4) is 6.07 Å². The minimum Gasteiger partial charge on any atom is -0.346 e. The predicted molar refractivity (Wildman–Crippen MR) is 119 cm³/mol. The number of nitriles is 1. The number of benzene rings is 1. The highest BCUT2D eigenvalue weighted by molar-refractivity contribution is 6.02. The van der Waals surface area contributed by atoms with Gasteiger partial charge >= 0.3 is 0 Å². The molecule has 158 valence electrons. The number of hydrogen-bond donors (Lipinski definition) is 2. The van der Waals surface area contributed by atoms with Crippen LogP contribution in [-0.4, -0.2) is 33.2 Å². The van der Waals surface area contributed by atoms with Crippen LogP contribution in [0.1, 0.15) is 56.0 Å². The molecule has 1 amide bonds. The van der Waals surface area contributed by atoms with Gasteiger partial charge in [0.2, 0.25) is 5.91 Å². The van der Waals surface area contributed by atoms with E-state index in [-0.39, 0.29) is 17.3 Å². The number of hydrogen-bond acceptors (Lipinski definition) is 4. The molecular weight excluding hydrogens is 388 g/mol. The Kier molecular flexibility index (Phi) is 4.62. The van der Waals surface area contributed by atoms with Crippen molar-refractivity contribution in [3.05, 3.63) is 71.2 Å². The van der Waals surface area contributed by atoms with Gasteiger partial charge in [-0.15, -0.1) is 0 Å². The summed E-state index contributed by atoms with van der Waals surface area (Å²) in [5.74, 6) is -0.658. The van der Waals surface area contributed by atoms with E-state index in [4.69, 9.17) is 5.41 Å². The van der Waals surface area contributed by atoms with E-state index >= 15 is 0 Å². The molecule has 1 aliphatic rings. The highest BCUT2D eigenvalue weighted by Gasteiger charge is 2.48. The molecule has 0 aliphatic carbocycles. The van der Waals surface area contributed by atoms with Crippen LogP contribution in [0.4, 0.5) is 0 Å². The zero-order valence-corrected chi connectivity index (χ0v) is 18.4. The Morgan fingerprint density at radius 1 is 1.19 bits per heavy atom. The molecule has 1 fully saturated rings. The Bertz CT molecular complexity index is 1230. The number of amides is 1. The van der Waals surface area contributed by atoms with E-state index in [0.717, 1.165) is 11.1 Å². The van der Waals surface area contributed by atoms with E-state index in [1.165, 1.54) is 16.7 Å². The molecule has 0 saturated carbocycles. The Morgan fingerprint density at radius 2 is 1.87 bits per heavy atom. The zero-order chi connectivity index (χ0) is 22.6. The third-order valence-corrected chi connectivity index (χ3v) is 6.20. The highest BCUT2D eigenvalue weighted by Crippen LogP contribution is 2.41. The lowest BCUT2D eigenvalue weighted by molar-refractivity contribution is -0.131. The average molecular weight is 415 g/mol. The number of carbonyl (C=O) groups is 1. The standard InChI is InChI=1S/C24H26N6O/c1-23(2,3)16-8-6-15(7-9-16)20-21(31)29(5)22(26)28-24(20,4)17-10-11-19-27-13-18(12-25)30(19)14-17/h6-11,13-14,20H,1-5H3,(H2,26,28)/t20-,24+/m0/s1. The van der Waals surface area contributed by atoms with E-state index in [1.807, 2.05) is 37.4 Å². The van der Waals surface area contributed by atoms with E-state index in [0.29, 0.717) is 11.3 Å². The van der Waals surface area contributed by atoms with Crippen molar-refractivity contribution in [2.24, 2.45) is 0 Å². The third kappa shape index (κ3) is 3.25. The van der Waals surface area contributed by atoms with Gasteiger partial charge in [0.15, 0.2) is 5.96 Å². The van der Waals surface area contributed by atoms with Crippen molar-refractivity contribution in [1.29, 1.82) is 10.7 Å². The quantitative estimate of drug-likeness (QED) is 0.671. The number of pyridine rings is 1. The van der Waals surface area contributed by atoms with Gasteiger partial charge in [-0.05, 0) is 35.1 Å². The fourth-order valence-electron chi connectivity index (χ4n) is 4.21. The first-order valence-corrected chi connectivity index (χ1v) is 10.2. The van der Waals surface area contributed by atoms with Crippen molar-refractivity contribution in [1.82, 2.24) is 19.6 Å². The van der Waals surface area contributed by atoms with Crippen molar-refractivity contribution in [2.75, 3.05) is 7.05 Å². The SMILES string of the molecule is CN1C(=N)N[C@](C)(c2ccc3ncc(C#N)n3c2)[C@@H](c2ccc(C(C)(C)C)cc2)C1=O. The zero-order valence-electron chi connectivity index (χ0n) is 18.4. The lowest BCUT2D eigenvalue weighted by Gasteiger charge is -2.46. The minimum atomic E-state index is -0.880. The molecule has 0 radical (unpaired) electrons. The summed E-state index contributed by atoms with van der Waals surface area (Å²) < 4.78 is 1.72. The molecule has 1 aromatic carbocycles. The smallest absolute Gasteiger partial charge is 0.239 e. The molecule has 2 aromatic heterocycles. The van der Waals surface area contributed by atoms with Crippen LogP contribution in [0.15, 0.2) is 48.8 Å². The maximum atomic E-state index is 13.4. The molecule has 0 bridgehead atoms. The molecular formula is C24H26N6O. The molecule has 2 atom stereocenters. The van der Waals surface area contributed by atoms with E-state index in [2.05, 4.69) is 49.3 Å². The van der Waals surface area contributed by atoms with Crippen molar-refractivity contribution >= 4 is 17.5 Å². The lowest BCUT2D eigenvalue weighted by atomic mass is 9.73. The summed E-state index contributed by atoms with van der Waals surface area (Å²) >= 11 is 0. The van der Waals surface area contributed by atoms with Gasteiger partial charge in [0.1, 0.15) is 17.4 Å². The molecule has 7 heteroatoms. The largest absolute Gasteiger partial charge is 0.346 e. The first kappa shape index (κ1) is 20.6. The van der Waals surface area contributed by atoms with Crippen LogP contribution in [0.25, 0.3) is 5.65 Å². The van der Waals surface area contributed by atoms with Crippen LogP contribution in [-0.2, 0) is 15.7 Å². The molecule has 1 saturated heterocycles. The number of nitrogens with one attached hydrogen (secondary N) is 2. The molecule has 4 rings (SSSR count). The fourth-order valence-corrected chi connectivity index (χ4v) is 4.21. The molecule has 1 aliphatic heterocycles. The number of rotatable bonds is 2. The van der Waals surface area contributed by atoms with Crippen LogP contribution in [0, 0.1) is 16.7 Å². The van der Waals surface area contributed by atoms with Crippen molar-refractivity contribution in [3.63, 3.8) is 0 Å². The summed E-state index contributed by atoms with van der Waals surface area (Å²) in [7, 11) is 1.61. The summed E-state index contributed by atoms with van der Waals surface area (Å²) in [6, 6.07) is 14.0. The van der Waals surface area contributed by atoms with Gasteiger partial charge in [-0.2, -0.15) is 5.26 Å². The van der Waals surface area contributed by atoms with E-state index < -0.39 is 11.5 Å². The van der Waals surface area contributed by atoms with Gasteiger partial charge in [0, 0.05) is 13.2 Å². The molecule has 31 heavy (non-hydrogen) atoms. The first-order valence-electron chi connectivity index (χ1n) is 10.2. The number of carbonyl (C=O) groups excluding carboxylic acids is 1. The fraction of sp³-hybridized carbons (Fsp3) is 0.333. The Hall–Kier alpha value is -3.66. The van der Waals surface area contributed by atoms with Crippen LogP contribution in [0.2, 0.25) is 0 Å². The van der Waals surface area contributed by atoms with Crippen molar-refractivity contribution in [2.45, 2.75) is 44.6 Å². The van der Waals surface area contributed by atoms with E-state index in [1.54, 1.807) is 11.4 Å². The van der Waals surface area contributed by atoms with Crippen molar-refractivity contribution < 1.29 is 4.79 Å². The lowest BCUT2D eigenvalue weighted by Crippen LogP contribution is -2.62. The minimum absolute atomic E-state index is 0.00965. The molecule has 3 aromatic rings. The third-order valence-electron chi connectivity index (χ3n) is 6.20. The number of fused-ring (bicyclic) bond motifs is 1. The maximum Gasteiger partial charge on any atom is 0.239 e. The molecule has 3 heterocycles. The topological polar surface area (TPSA) is 97.3 Å². The Morgan fingerprint density at radius 3 is 2.48 bits per heavy atom. The molecule has 2 N–H and O–H groups in total. The van der Waals surface area contributed by atoms with Crippen LogP contribution in [0.3, 0.4) is 0 Å². The molecule has 7 nitrogen and oxygen atoms in total. The van der Waals surface area contributed by atoms with Crippen LogP contribution < -0.4 is 5.32 Å².